The Bertz CT molecular complexity index is 504. The van der Waals surface area contributed by atoms with E-state index in [1.165, 1.54) is 31.2 Å². The summed E-state index contributed by atoms with van der Waals surface area (Å²) in [6.45, 7) is 4.02. The van der Waals surface area contributed by atoms with E-state index in [0.29, 0.717) is 11.3 Å². The first kappa shape index (κ1) is 14.4. The molecule has 1 aromatic rings. The molecule has 1 saturated carbocycles. The molecule has 3 heteroatoms. The molecule has 1 atom stereocenters. The highest BCUT2D eigenvalue weighted by Gasteiger charge is 2.44. The average Bonchev–Trinajstić information content (AvgIpc) is 2.93. The number of hydrogen-bond donors (Lipinski definition) is 0. The standard InChI is InChI=1S/C18H25NO2/c1-14(12-15-4-6-16(21-2)7-5-15)17(20)19-11-10-18(13-19)8-3-9-18/h4-7,14H,3,8-13H2,1-2H3. The van der Waals surface area contributed by atoms with Crippen LogP contribution in [-0.4, -0.2) is 31.0 Å². The molecular formula is C18H25NO2. The van der Waals surface area contributed by atoms with Crippen LogP contribution in [0.15, 0.2) is 24.3 Å². The van der Waals surface area contributed by atoms with E-state index in [4.69, 9.17) is 4.74 Å². The molecule has 3 rings (SSSR count). The van der Waals surface area contributed by atoms with E-state index in [9.17, 15) is 4.79 Å². The van der Waals surface area contributed by atoms with Crippen molar-refractivity contribution >= 4 is 5.91 Å². The van der Waals surface area contributed by atoms with Gasteiger partial charge in [-0.15, -0.1) is 0 Å². The molecule has 2 fully saturated rings. The SMILES string of the molecule is COc1ccc(CC(C)C(=O)N2CCC3(CCC3)C2)cc1. The fourth-order valence-corrected chi connectivity index (χ4v) is 3.72. The number of amides is 1. The van der Waals surface area contributed by atoms with E-state index in [-0.39, 0.29) is 5.92 Å². The Morgan fingerprint density at radius 3 is 2.52 bits per heavy atom. The number of benzene rings is 1. The van der Waals surface area contributed by atoms with Crippen molar-refractivity contribution in [2.45, 2.75) is 39.0 Å². The third-order valence-corrected chi connectivity index (χ3v) is 5.29. The van der Waals surface area contributed by atoms with Gasteiger partial charge in [0.1, 0.15) is 5.75 Å². The highest BCUT2D eigenvalue weighted by molar-refractivity contribution is 5.79. The van der Waals surface area contributed by atoms with Crippen molar-refractivity contribution in [1.82, 2.24) is 4.90 Å². The Labute approximate surface area is 127 Å². The molecule has 3 nitrogen and oxygen atoms in total. The summed E-state index contributed by atoms with van der Waals surface area (Å²) < 4.78 is 5.17. The van der Waals surface area contributed by atoms with Crippen LogP contribution in [0.25, 0.3) is 0 Å². The molecule has 0 bridgehead atoms. The molecular weight excluding hydrogens is 262 g/mol. The fourth-order valence-electron chi connectivity index (χ4n) is 3.72. The van der Waals surface area contributed by atoms with Crippen LogP contribution in [0.5, 0.6) is 5.75 Å². The lowest BCUT2D eigenvalue weighted by Crippen LogP contribution is -2.38. The molecule has 1 aromatic carbocycles. The van der Waals surface area contributed by atoms with Gasteiger partial charge in [-0.25, -0.2) is 0 Å². The molecule has 0 aromatic heterocycles. The van der Waals surface area contributed by atoms with Gasteiger partial charge >= 0.3 is 0 Å². The monoisotopic (exact) mass is 287 g/mol. The summed E-state index contributed by atoms with van der Waals surface area (Å²) in [5.74, 6) is 1.26. The number of methoxy groups -OCH3 is 1. The summed E-state index contributed by atoms with van der Waals surface area (Å²) in [6.07, 6.45) is 6.02. The summed E-state index contributed by atoms with van der Waals surface area (Å²) >= 11 is 0. The number of likely N-dealkylation sites (tertiary alicyclic amines) is 1. The second kappa shape index (κ2) is 5.70. The predicted octanol–water partition coefficient (Wildman–Crippen LogP) is 3.28. The largest absolute Gasteiger partial charge is 0.497 e. The first-order chi connectivity index (χ1) is 10.1. The van der Waals surface area contributed by atoms with Gasteiger partial charge in [0.2, 0.25) is 5.91 Å². The molecule has 1 unspecified atom stereocenters. The zero-order valence-corrected chi connectivity index (χ0v) is 13.1. The minimum absolute atomic E-state index is 0.0635. The predicted molar refractivity (Wildman–Crippen MR) is 83.3 cm³/mol. The third-order valence-electron chi connectivity index (χ3n) is 5.29. The van der Waals surface area contributed by atoms with Crippen LogP contribution in [0.1, 0.15) is 38.2 Å². The van der Waals surface area contributed by atoms with Crippen LogP contribution >= 0.6 is 0 Å². The van der Waals surface area contributed by atoms with E-state index >= 15 is 0 Å². The number of nitrogens with zero attached hydrogens (tertiary/aromatic N) is 1. The van der Waals surface area contributed by atoms with Crippen molar-refractivity contribution in [2.24, 2.45) is 11.3 Å². The Morgan fingerprint density at radius 2 is 2.00 bits per heavy atom. The fraction of sp³-hybridized carbons (Fsp3) is 0.611. The molecule has 1 aliphatic carbocycles. The number of ether oxygens (including phenoxy) is 1. The molecule has 1 aliphatic heterocycles. The van der Waals surface area contributed by atoms with E-state index in [1.54, 1.807) is 7.11 Å². The maximum atomic E-state index is 12.6. The van der Waals surface area contributed by atoms with Gasteiger partial charge in [0.25, 0.3) is 0 Å². The number of hydrogen-bond acceptors (Lipinski definition) is 2. The first-order valence-corrected chi connectivity index (χ1v) is 8.04. The summed E-state index contributed by atoms with van der Waals surface area (Å²) in [4.78, 5) is 14.7. The first-order valence-electron chi connectivity index (χ1n) is 8.04. The maximum absolute atomic E-state index is 12.6. The van der Waals surface area contributed by atoms with Crippen molar-refractivity contribution < 1.29 is 9.53 Å². The molecule has 2 aliphatic rings. The highest BCUT2D eigenvalue weighted by atomic mass is 16.5. The molecule has 1 spiro atoms. The van der Waals surface area contributed by atoms with E-state index in [1.807, 2.05) is 12.1 Å². The van der Waals surface area contributed by atoms with Gasteiger partial charge in [-0.05, 0) is 48.8 Å². The Kier molecular flexibility index (Phi) is 3.92. The van der Waals surface area contributed by atoms with Crippen LogP contribution in [0.4, 0.5) is 0 Å². The molecule has 1 saturated heterocycles. The van der Waals surface area contributed by atoms with Gasteiger partial charge in [0.15, 0.2) is 0 Å². The number of carbonyl (C=O) groups is 1. The van der Waals surface area contributed by atoms with Gasteiger partial charge in [-0.3, -0.25) is 4.79 Å². The van der Waals surface area contributed by atoms with Crippen molar-refractivity contribution in [3.8, 4) is 5.75 Å². The van der Waals surface area contributed by atoms with Gasteiger partial charge < -0.3 is 9.64 Å². The molecule has 1 amide bonds. The van der Waals surface area contributed by atoms with Crippen LogP contribution in [0.3, 0.4) is 0 Å². The van der Waals surface area contributed by atoms with E-state index in [2.05, 4.69) is 24.0 Å². The lowest BCUT2D eigenvalue weighted by Gasteiger charge is -2.38. The second-order valence-corrected chi connectivity index (χ2v) is 6.82. The van der Waals surface area contributed by atoms with Crippen LogP contribution < -0.4 is 4.74 Å². The minimum atomic E-state index is 0.0635. The maximum Gasteiger partial charge on any atom is 0.225 e. The topological polar surface area (TPSA) is 29.5 Å². The lowest BCUT2D eigenvalue weighted by molar-refractivity contribution is -0.134. The summed E-state index contributed by atoms with van der Waals surface area (Å²) in [5, 5.41) is 0. The van der Waals surface area contributed by atoms with Crippen molar-refractivity contribution in [2.75, 3.05) is 20.2 Å². The van der Waals surface area contributed by atoms with Gasteiger partial charge in [0.05, 0.1) is 7.11 Å². The van der Waals surface area contributed by atoms with Crippen molar-refractivity contribution in [3.05, 3.63) is 29.8 Å². The smallest absolute Gasteiger partial charge is 0.225 e. The van der Waals surface area contributed by atoms with E-state index < -0.39 is 0 Å². The normalized spacial score (nSPS) is 21.1. The summed E-state index contributed by atoms with van der Waals surface area (Å²) in [7, 11) is 1.67. The zero-order chi connectivity index (χ0) is 14.9. The zero-order valence-electron chi connectivity index (χ0n) is 13.1. The van der Waals surface area contributed by atoms with Crippen molar-refractivity contribution in [1.29, 1.82) is 0 Å². The number of carbonyl (C=O) groups excluding carboxylic acids is 1. The summed E-state index contributed by atoms with van der Waals surface area (Å²) in [5.41, 5.74) is 1.70. The van der Waals surface area contributed by atoms with Crippen LogP contribution in [-0.2, 0) is 11.2 Å². The van der Waals surface area contributed by atoms with Gasteiger partial charge in [0, 0.05) is 19.0 Å². The molecule has 21 heavy (non-hydrogen) atoms. The Hall–Kier alpha value is -1.51. The molecule has 1 heterocycles. The van der Waals surface area contributed by atoms with Gasteiger partial charge in [-0.1, -0.05) is 25.5 Å². The number of rotatable bonds is 4. The van der Waals surface area contributed by atoms with Crippen LogP contribution in [0, 0.1) is 11.3 Å². The molecule has 0 radical (unpaired) electrons. The molecule has 114 valence electrons. The molecule has 0 N–H and O–H groups in total. The van der Waals surface area contributed by atoms with Crippen LogP contribution in [0.2, 0.25) is 0 Å². The Balaban J connectivity index is 1.57. The van der Waals surface area contributed by atoms with Gasteiger partial charge in [-0.2, -0.15) is 0 Å². The highest BCUT2D eigenvalue weighted by Crippen LogP contribution is 2.48. The quantitative estimate of drug-likeness (QED) is 0.850. The summed E-state index contributed by atoms with van der Waals surface area (Å²) in [6, 6.07) is 8.04. The average molecular weight is 287 g/mol. The Morgan fingerprint density at radius 1 is 1.29 bits per heavy atom. The minimum Gasteiger partial charge on any atom is -0.497 e. The second-order valence-electron chi connectivity index (χ2n) is 6.82. The third kappa shape index (κ3) is 2.92. The van der Waals surface area contributed by atoms with E-state index in [0.717, 1.165) is 25.3 Å². The lowest BCUT2D eigenvalue weighted by atomic mass is 9.68. The van der Waals surface area contributed by atoms with Crippen molar-refractivity contribution in [3.63, 3.8) is 0 Å².